The lowest BCUT2D eigenvalue weighted by atomic mass is 9.91. The van der Waals surface area contributed by atoms with Crippen LogP contribution in [0, 0.1) is 11.8 Å². The van der Waals surface area contributed by atoms with Crippen molar-refractivity contribution in [2.75, 3.05) is 60.9 Å². The van der Waals surface area contributed by atoms with Gasteiger partial charge in [0.05, 0.1) is 12.4 Å². The molecule has 352 valence electrons. The zero-order valence-electron chi connectivity index (χ0n) is 38.1. The Labute approximate surface area is 395 Å². The van der Waals surface area contributed by atoms with E-state index in [2.05, 4.69) is 57.7 Å². The van der Waals surface area contributed by atoms with E-state index in [1.165, 1.54) is 16.7 Å². The number of carbonyl (C=O) groups is 5. The summed E-state index contributed by atoms with van der Waals surface area (Å²) in [6, 6.07) is 16.2. The Morgan fingerprint density at radius 2 is 1.66 bits per heavy atom. The predicted molar refractivity (Wildman–Crippen MR) is 254 cm³/mol. The molecule has 4 aromatic rings. The number of fused-ring (bicyclic) bond motifs is 2. The summed E-state index contributed by atoms with van der Waals surface area (Å²) in [7, 11) is 0. The number of amides is 5. The highest BCUT2D eigenvalue weighted by Crippen LogP contribution is 2.34. The van der Waals surface area contributed by atoms with Gasteiger partial charge in [-0.05, 0) is 105 Å². The van der Waals surface area contributed by atoms with Crippen molar-refractivity contribution < 1.29 is 24.0 Å². The molecule has 5 aliphatic rings. The van der Waals surface area contributed by atoms with Crippen molar-refractivity contribution in [2.24, 2.45) is 17.6 Å². The van der Waals surface area contributed by atoms with Gasteiger partial charge < -0.3 is 36.0 Å². The molecular weight excluding hydrogens is 869 g/mol. The fourth-order valence-electron chi connectivity index (χ4n) is 9.99. The number of likely N-dealkylation sites (tertiary alicyclic amines) is 1. The largest absolute Gasteiger partial charge is 0.355 e. The van der Waals surface area contributed by atoms with Gasteiger partial charge >= 0.3 is 0 Å². The van der Waals surface area contributed by atoms with E-state index in [-0.39, 0.29) is 54.4 Å². The molecule has 17 nitrogen and oxygen atoms in total. The number of hydrogen-bond donors (Lipinski definition) is 4. The number of unbranched alkanes of at least 4 members (excludes halogenated alkanes) is 4. The molecule has 3 unspecified atom stereocenters. The maximum atomic E-state index is 13.0. The summed E-state index contributed by atoms with van der Waals surface area (Å²) in [6.45, 7) is 9.49. The van der Waals surface area contributed by atoms with Crippen molar-refractivity contribution in [3.8, 4) is 0 Å². The zero-order chi connectivity index (χ0) is 46.5. The quantitative estimate of drug-likeness (QED) is 0.0831. The van der Waals surface area contributed by atoms with Crippen molar-refractivity contribution in [1.82, 2.24) is 40.6 Å². The lowest BCUT2D eigenvalue weighted by molar-refractivity contribution is -0.137. The standard InChI is InChI=1S/C49H60N12O5S/c1-49(50)17-20-59(21-18-49)42-25-52-45(26-51-42)67-37-9-7-8-36(23-37)54-43(62)10-5-3-2-4-6-19-58-27-34-29-60(30-35(34)28-58)41-15-13-39(56-57-41)46(64)53-24-32-11-12-38-33(22-32)31-61(48(38)66)40-14-16-44(63)55-47(40)65/h7-9,11-13,15,22-23,25-26,34-35,40H,2-6,10,14,16-21,24,27-31,50H2,1H3,(H,53,64)(H,54,62)(H,55,63,65). The smallest absolute Gasteiger partial charge is 0.272 e. The maximum absolute atomic E-state index is 13.0. The summed E-state index contributed by atoms with van der Waals surface area (Å²) in [6.07, 6.45) is 11.9. The summed E-state index contributed by atoms with van der Waals surface area (Å²) in [4.78, 5) is 81.7. The van der Waals surface area contributed by atoms with Crippen LogP contribution in [0.2, 0.25) is 0 Å². The van der Waals surface area contributed by atoms with E-state index in [0.717, 1.165) is 129 Å². The first-order valence-electron chi connectivity index (χ1n) is 23.7. The topological polar surface area (TPSA) is 212 Å². The molecule has 2 aromatic heterocycles. The third kappa shape index (κ3) is 11.4. The first-order chi connectivity index (χ1) is 32.4. The molecule has 67 heavy (non-hydrogen) atoms. The fraction of sp³-hybridized carbons (Fsp3) is 0.490. The van der Waals surface area contributed by atoms with E-state index in [4.69, 9.17) is 5.73 Å². The second-order valence-electron chi connectivity index (χ2n) is 19.1. The number of nitrogens with zero attached hydrogens (tertiary/aromatic N) is 8. The van der Waals surface area contributed by atoms with Crippen LogP contribution in [0.5, 0.6) is 0 Å². The highest BCUT2D eigenvalue weighted by Gasteiger charge is 2.41. The van der Waals surface area contributed by atoms with Gasteiger partial charge in [-0.15, -0.1) is 10.2 Å². The summed E-state index contributed by atoms with van der Waals surface area (Å²) in [5.41, 5.74) is 9.33. The molecule has 7 heterocycles. The molecule has 0 radical (unpaired) electrons. The number of imide groups is 1. The molecule has 2 aromatic carbocycles. The average Bonchev–Trinajstić information content (AvgIpc) is 4.00. The van der Waals surface area contributed by atoms with Gasteiger partial charge in [0.25, 0.3) is 11.8 Å². The van der Waals surface area contributed by atoms with Gasteiger partial charge in [0.15, 0.2) is 11.5 Å². The van der Waals surface area contributed by atoms with Gasteiger partial charge in [-0.25, -0.2) is 9.97 Å². The number of hydrogen-bond acceptors (Lipinski definition) is 14. The molecule has 3 atom stereocenters. The summed E-state index contributed by atoms with van der Waals surface area (Å²) >= 11 is 1.53. The molecule has 0 spiro atoms. The van der Waals surface area contributed by atoms with Crippen LogP contribution in [0.1, 0.15) is 103 Å². The Morgan fingerprint density at radius 1 is 0.866 bits per heavy atom. The number of benzene rings is 2. The van der Waals surface area contributed by atoms with Crippen LogP contribution in [0.3, 0.4) is 0 Å². The molecule has 18 heteroatoms. The number of nitrogens with one attached hydrogen (secondary N) is 3. The number of carbonyl (C=O) groups excluding carboxylic acids is 5. The minimum atomic E-state index is -0.672. The third-order valence-electron chi connectivity index (χ3n) is 13.9. The van der Waals surface area contributed by atoms with Gasteiger partial charge in [-0.3, -0.25) is 29.3 Å². The van der Waals surface area contributed by atoms with Crippen molar-refractivity contribution in [2.45, 2.75) is 106 Å². The molecule has 5 amide bonds. The third-order valence-corrected chi connectivity index (χ3v) is 14.8. The van der Waals surface area contributed by atoms with Crippen molar-refractivity contribution in [3.05, 3.63) is 89.4 Å². The molecule has 0 saturated carbocycles. The van der Waals surface area contributed by atoms with Gasteiger partial charge in [-0.1, -0.05) is 49.2 Å². The van der Waals surface area contributed by atoms with Gasteiger partial charge in [0.2, 0.25) is 17.7 Å². The van der Waals surface area contributed by atoms with E-state index in [1.807, 2.05) is 48.8 Å². The molecule has 4 fully saturated rings. The highest BCUT2D eigenvalue weighted by atomic mass is 32.2. The summed E-state index contributed by atoms with van der Waals surface area (Å²) in [5, 5.41) is 17.8. The number of piperidine rings is 2. The Hall–Kier alpha value is -5.98. The molecule has 5 aliphatic heterocycles. The van der Waals surface area contributed by atoms with Gasteiger partial charge in [0, 0.05) is 86.9 Å². The molecular formula is C49H60N12O5S. The lowest BCUT2D eigenvalue weighted by Crippen LogP contribution is -2.52. The Morgan fingerprint density at radius 3 is 2.40 bits per heavy atom. The molecule has 9 rings (SSSR count). The van der Waals surface area contributed by atoms with Gasteiger partial charge in [0.1, 0.15) is 16.9 Å². The van der Waals surface area contributed by atoms with Crippen molar-refractivity contribution in [3.63, 3.8) is 0 Å². The van der Waals surface area contributed by atoms with Crippen LogP contribution < -0.4 is 31.5 Å². The van der Waals surface area contributed by atoms with Crippen LogP contribution in [-0.4, -0.2) is 117 Å². The Kier molecular flexibility index (Phi) is 14.1. The average molecular weight is 929 g/mol. The van der Waals surface area contributed by atoms with Crippen LogP contribution in [0.15, 0.2) is 76.9 Å². The van der Waals surface area contributed by atoms with Crippen LogP contribution in [0.25, 0.3) is 0 Å². The second-order valence-corrected chi connectivity index (χ2v) is 20.2. The van der Waals surface area contributed by atoms with E-state index >= 15 is 0 Å². The predicted octanol–water partition coefficient (Wildman–Crippen LogP) is 4.77. The number of nitrogens with two attached hydrogens (primary N) is 1. The van der Waals surface area contributed by atoms with E-state index < -0.39 is 11.9 Å². The van der Waals surface area contributed by atoms with Crippen molar-refractivity contribution >= 4 is 58.6 Å². The monoisotopic (exact) mass is 928 g/mol. The lowest BCUT2D eigenvalue weighted by Gasteiger charge is -2.37. The minimum Gasteiger partial charge on any atom is -0.355 e. The molecule has 0 aliphatic carbocycles. The molecule has 5 N–H and O–H groups in total. The van der Waals surface area contributed by atoms with E-state index in [1.54, 1.807) is 18.2 Å². The van der Waals surface area contributed by atoms with Crippen LogP contribution in [-0.2, 0) is 27.5 Å². The number of aromatic nitrogens is 4. The maximum Gasteiger partial charge on any atom is 0.272 e. The first kappa shape index (κ1) is 46.1. The Bertz CT molecular complexity index is 2450. The van der Waals surface area contributed by atoms with Crippen molar-refractivity contribution in [1.29, 1.82) is 0 Å². The second kappa shape index (κ2) is 20.5. The van der Waals surface area contributed by atoms with Gasteiger partial charge in [-0.2, -0.15) is 0 Å². The molecule has 4 saturated heterocycles. The summed E-state index contributed by atoms with van der Waals surface area (Å²) in [5.74, 6) is 1.53. The first-order valence-corrected chi connectivity index (χ1v) is 24.5. The highest BCUT2D eigenvalue weighted by molar-refractivity contribution is 7.99. The SMILES string of the molecule is CC1(N)CCN(c2cnc(Sc3cccc(NC(=O)CCCCCCCN4CC5CN(c6ccc(C(=O)NCc7ccc8c(c7)CN(C7CCC(=O)NC7=O)C8=O)nn6)CC5C4)c3)cn2)CC1. The zero-order valence-corrected chi connectivity index (χ0v) is 38.9. The fourth-order valence-corrected chi connectivity index (χ4v) is 10.8. The number of anilines is 3. The summed E-state index contributed by atoms with van der Waals surface area (Å²) < 4.78 is 0. The van der Waals surface area contributed by atoms with E-state index in [0.29, 0.717) is 30.2 Å². The molecule has 0 bridgehead atoms. The number of rotatable bonds is 17. The van der Waals surface area contributed by atoms with Crippen LogP contribution in [0.4, 0.5) is 17.3 Å². The Balaban J connectivity index is 0.625. The van der Waals surface area contributed by atoms with E-state index in [9.17, 15) is 24.0 Å². The normalized spacial score (nSPS) is 21.3. The minimum absolute atomic E-state index is 0.0407. The van der Waals surface area contributed by atoms with Crippen LogP contribution >= 0.6 is 11.8 Å².